The summed E-state index contributed by atoms with van der Waals surface area (Å²) in [6.07, 6.45) is 5.35. The van der Waals surface area contributed by atoms with Crippen molar-refractivity contribution in [3.63, 3.8) is 0 Å². The molecule has 0 radical (unpaired) electrons. The maximum Gasteiger partial charge on any atom is 0.248 e. The normalized spacial score (nSPS) is 20.3. The van der Waals surface area contributed by atoms with Gasteiger partial charge in [0, 0.05) is 63.2 Å². The number of carbonyl (C=O) groups excluding carboxylic acids is 4. The molecular weight excluding hydrogens is 901 g/mol. The molecule has 1 aliphatic carbocycles. The maximum absolute atomic E-state index is 14.0. The monoisotopic (exact) mass is 966 g/mol. The Bertz CT molecular complexity index is 2410. The molecule has 0 bridgehead atoms. The fraction of sp³-hybridized carbons (Fsp3) is 0.560. The summed E-state index contributed by atoms with van der Waals surface area (Å²) in [4.78, 5) is 73.4. The lowest BCUT2D eigenvalue weighted by Gasteiger charge is -2.42. The van der Waals surface area contributed by atoms with Gasteiger partial charge < -0.3 is 45.1 Å². The number of nitrogens with one attached hydrogen (secondary N) is 3. The minimum absolute atomic E-state index is 0.0210. The van der Waals surface area contributed by atoms with Crippen LogP contribution in [0.15, 0.2) is 54.3 Å². The standard InChI is InChI=1S/C50H66N10O8S/c1-33-45(69-32-55-33)36-8-5-35(6-9-36)27-52-48(64)42-26-39(61)28-60(42)49(65)46(50(2,3)4)57-43(62)29-67-23-21-66-22-24-68-30-44(63)59-19-17-58(18-20-59)38-12-10-37(11-13-38)56-47-40-14-7-34(15-16-51)25-41(40)53-31-54-47/h5-9,14,25,31-32,37-39,42,46,61H,10-13,15,17-24,26-30H2,1-4H3,(H,52,64)(H,57,62)(H,53,54,56)/t37?,38?,39-,42+,46-/m1/s1. The van der Waals surface area contributed by atoms with Crippen molar-refractivity contribution in [2.75, 3.05) is 77.7 Å². The van der Waals surface area contributed by atoms with E-state index in [-0.39, 0.29) is 71.0 Å². The summed E-state index contributed by atoms with van der Waals surface area (Å²) in [6, 6.07) is 14.9. The Labute approximate surface area is 408 Å². The van der Waals surface area contributed by atoms with Crippen molar-refractivity contribution in [3.8, 4) is 16.5 Å². The van der Waals surface area contributed by atoms with Crippen LogP contribution in [0.3, 0.4) is 0 Å². The zero-order valence-corrected chi connectivity index (χ0v) is 41.0. The van der Waals surface area contributed by atoms with Crippen LogP contribution in [-0.4, -0.2) is 161 Å². The van der Waals surface area contributed by atoms with E-state index in [1.54, 1.807) is 17.7 Å². The van der Waals surface area contributed by atoms with Crippen LogP contribution in [0.4, 0.5) is 5.82 Å². The molecule has 69 heavy (non-hydrogen) atoms. The molecular formula is C50H66N10O8S. The van der Waals surface area contributed by atoms with E-state index in [2.05, 4.69) is 41.9 Å². The van der Waals surface area contributed by atoms with E-state index in [9.17, 15) is 24.3 Å². The number of piperazine rings is 1. The number of anilines is 1. The second-order valence-electron chi connectivity index (χ2n) is 19.1. The Kier molecular flexibility index (Phi) is 18.0. The van der Waals surface area contributed by atoms with Gasteiger partial charge in [-0.1, -0.05) is 51.1 Å². The third-order valence-corrected chi connectivity index (χ3v) is 14.1. The summed E-state index contributed by atoms with van der Waals surface area (Å²) in [5.41, 5.74) is 5.78. The van der Waals surface area contributed by atoms with Crippen LogP contribution in [0, 0.1) is 23.7 Å². The summed E-state index contributed by atoms with van der Waals surface area (Å²) < 4.78 is 16.8. The number of nitrogens with zero attached hydrogens (tertiary/aromatic N) is 7. The zero-order valence-electron chi connectivity index (χ0n) is 40.2. The van der Waals surface area contributed by atoms with Crippen LogP contribution >= 0.6 is 11.3 Å². The largest absolute Gasteiger partial charge is 0.391 e. The topological polar surface area (TPSA) is 224 Å². The van der Waals surface area contributed by atoms with E-state index in [4.69, 9.17) is 19.5 Å². The first-order chi connectivity index (χ1) is 33.3. The molecule has 4 amide bonds. The van der Waals surface area contributed by atoms with Gasteiger partial charge in [0.15, 0.2) is 0 Å². The highest BCUT2D eigenvalue weighted by molar-refractivity contribution is 7.13. The minimum Gasteiger partial charge on any atom is -0.391 e. The minimum atomic E-state index is -0.975. The van der Waals surface area contributed by atoms with Gasteiger partial charge in [-0.15, -0.1) is 11.3 Å². The maximum atomic E-state index is 14.0. The first-order valence-electron chi connectivity index (χ1n) is 23.9. The average Bonchev–Trinajstić information content (AvgIpc) is 3.96. The highest BCUT2D eigenvalue weighted by Gasteiger charge is 2.44. The van der Waals surface area contributed by atoms with E-state index in [0.29, 0.717) is 31.6 Å². The molecule has 1 saturated carbocycles. The number of fused-ring (bicyclic) bond motifs is 1. The molecule has 2 aromatic heterocycles. The van der Waals surface area contributed by atoms with E-state index in [1.165, 1.54) is 4.90 Å². The highest BCUT2D eigenvalue weighted by atomic mass is 32.1. The third kappa shape index (κ3) is 14.0. The number of likely N-dealkylation sites (tertiary alicyclic amines) is 1. The van der Waals surface area contributed by atoms with Crippen molar-refractivity contribution in [2.24, 2.45) is 5.41 Å². The molecule has 3 fully saturated rings. The number of rotatable bonds is 20. The van der Waals surface area contributed by atoms with Gasteiger partial charge in [0.05, 0.1) is 66.6 Å². The van der Waals surface area contributed by atoms with E-state index in [1.807, 2.05) is 80.6 Å². The Morgan fingerprint density at radius 3 is 2.28 bits per heavy atom. The summed E-state index contributed by atoms with van der Waals surface area (Å²) in [5, 5.41) is 29.9. The fourth-order valence-corrected chi connectivity index (χ4v) is 10.1. The van der Waals surface area contributed by atoms with Crippen molar-refractivity contribution >= 4 is 51.7 Å². The number of aliphatic hydroxyl groups excluding tert-OH is 1. The number of hydrogen-bond donors (Lipinski definition) is 4. The molecule has 4 heterocycles. The number of aliphatic hydroxyl groups is 1. The molecule has 4 aromatic rings. The van der Waals surface area contributed by atoms with Crippen molar-refractivity contribution in [2.45, 2.75) is 103 Å². The number of amides is 4. The smallest absolute Gasteiger partial charge is 0.248 e. The van der Waals surface area contributed by atoms with Crippen LogP contribution in [0.1, 0.15) is 69.7 Å². The quantitative estimate of drug-likeness (QED) is 0.0925. The number of β-amino-alcohol motifs (C(OH)–C–C–N with tert-alkyl or cyclic N) is 1. The number of aromatic nitrogens is 3. The summed E-state index contributed by atoms with van der Waals surface area (Å²) in [6.45, 7) is 11.2. The summed E-state index contributed by atoms with van der Waals surface area (Å²) in [7, 11) is 0. The van der Waals surface area contributed by atoms with Crippen molar-refractivity contribution in [1.29, 1.82) is 5.26 Å². The molecule has 2 aliphatic heterocycles. The third-order valence-electron chi connectivity index (χ3n) is 13.1. The van der Waals surface area contributed by atoms with E-state index < -0.39 is 35.4 Å². The molecule has 0 spiro atoms. The predicted octanol–water partition coefficient (Wildman–Crippen LogP) is 3.85. The summed E-state index contributed by atoms with van der Waals surface area (Å²) >= 11 is 1.57. The van der Waals surface area contributed by atoms with Gasteiger partial charge in [0.2, 0.25) is 23.6 Å². The lowest BCUT2D eigenvalue weighted by molar-refractivity contribution is -0.144. The zero-order chi connectivity index (χ0) is 48.9. The first kappa shape index (κ1) is 51.2. The van der Waals surface area contributed by atoms with Crippen molar-refractivity contribution < 1.29 is 38.5 Å². The van der Waals surface area contributed by atoms with E-state index >= 15 is 0 Å². The molecule has 3 atom stereocenters. The number of ether oxygens (including phenoxy) is 3. The van der Waals surface area contributed by atoms with Crippen LogP contribution in [-0.2, 0) is 46.4 Å². The second-order valence-corrected chi connectivity index (χ2v) is 20.0. The van der Waals surface area contributed by atoms with Gasteiger partial charge in [-0.3, -0.25) is 24.1 Å². The van der Waals surface area contributed by atoms with Crippen LogP contribution in [0.5, 0.6) is 0 Å². The molecule has 18 nitrogen and oxygen atoms in total. The molecule has 2 saturated heterocycles. The van der Waals surface area contributed by atoms with Gasteiger partial charge in [-0.2, -0.15) is 5.26 Å². The number of aryl methyl sites for hydroxylation is 1. The van der Waals surface area contributed by atoms with Gasteiger partial charge in [-0.05, 0) is 66.8 Å². The molecule has 7 rings (SSSR count). The SMILES string of the molecule is Cc1ncsc1-c1ccc(CNC(=O)[C@@H]2C[C@@H](O)CN2C(=O)[C@@H](NC(=O)COCCOCCOCC(=O)N2CCN(C3CCC(Nc4ncnc5cc(CC#N)ccc45)CC3)CC2)C(C)(C)C)cc1. The lowest BCUT2D eigenvalue weighted by Crippen LogP contribution is -2.58. The predicted molar refractivity (Wildman–Crippen MR) is 261 cm³/mol. The number of carbonyl (C=O) groups is 4. The van der Waals surface area contributed by atoms with Gasteiger partial charge in [-0.25, -0.2) is 15.0 Å². The molecule has 370 valence electrons. The number of nitriles is 1. The van der Waals surface area contributed by atoms with Gasteiger partial charge in [0.1, 0.15) is 37.4 Å². The summed E-state index contributed by atoms with van der Waals surface area (Å²) in [5.74, 6) is -0.531. The number of thiazole rings is 1. The van der Waals surface area contributed by atoms with Gasteiger partial charge in [0.25, 0.3) is 0 Å². The van der Waals surface area contributed by atoms with Crippen molar-refractivity contribution in [1.82, 2.24) is 40.3 Å². The lowest BCUT2D eigenvalue weighted by atomic mass is 9.85. The molecule has 2 aromatic carbocycles. The van der Waals surface area contributed by atoms with Crippen LogP contribution in [0.25, 0.3) is 21.3 Å². The highest BCUT2D eigenvalue weighted by Crippen LogP contribution is 2.30. The Hall–Kier alpha value is -5.62. The average molecular weight is 967 g/mol. The Morgan fingerprint density at radius 1 is 0.899 bits per heavy atom. The number of benzene rings is 2. The number of hydrogen-bond acceptors (Lipinski definition) is 15. The molecule has 0 unspecified atom stereocenters. The molecule has 4 N–H and O–H groups in total. The first-order valence-corrected chi connectivity index (χ1v) is 24.8. The molecule has 3 aliphatic rings. The Morgan fingerprint density at radius 2 is 1.59 bits per heavy atom. The van der Waals surface area contributed by atoms with E-state index in [0.717, 1.165) is 82.8 Å². The van der Waals surface area contributed by atoms with Crippen molar-refractivity contribution in [3.05, 3.63) is 71.1 Å². The second kappa shape index (κ2) is 24.3. The van der Waals surface area contributed by atoms with Gasteiger partial charge >= 0.3 is 0 Å². The molecule has 19 heteroatoms. The Balaban J connectivity index is 0.734. The van der Waals surface area contributed by atoms with Crippen LogP contribution < -0.4 is 16.0 Å². The fourth-order valence-electron chi connectivity index (χ4n) is 9.27. The van der Waals surface area contributed by atoms with Crippen LogP contribution in [0.2, 0.25) is 0 Å².